The molecule has 1 amide bonds. The van der Waals surface area contributed by atoms with Crippen LogP contribution in [0.25, 0.3) is 0 Å². The zero-order chi connectivity index (χ0) is 34.0. The second-order valence-corrected chi connectivity index (χ2v) is 16.8. The molecule has 0 aliphatic carbocycles. The zero-order valence-corrected chi connectivity index (χ0v) is 28.3. The largest absolute Gasteiger partial charge is 0.465 e. The first-order chi connectivity index (χ1) is 22.1. The number of carboxylic acid groups (broad SMARTS) is 1. The minimum Gasteiger partial charge on any atom is -0.465 e. The predicted octanol–water partition coefficient (Wildman–Crippen LogP) is 2.09. The first-order valence-electron chi connectivity index (χ1n) is 15.5. The molecule has 0 aromatic heterocycles. The quantitative estimate of drug-likeness (QED) is 0.248. The van der Waals surface area contributed by atoms with Gasteiger partial charge in [0.1, 0.15) is 0 Å². The van der Waals surface area contributed by atoms with Crippen LogP contribution in [0.5, 0.6) is 11.5 Å². The minimum absolute atomic E-state index is 0.0500. The van der Waals surface area contributed by atoms with Crippen molar-refractivity contribution in [3.8, 4) is 11.5 Å². The van der Waals surface area contributed by atoms with Crippen LogP contribution < -0.4 is 14.2 Å². The lowest BCUT2D eigenvalue weighted by molar-refractivity contribution is -0.0906. The Kier molecular flexibility index (Phi) is 10.7. The molecule has 3 N–H and O–H groups in total. The Balaban J connectivity index is 1.48. The van der Waals surface area contributed by atoms with Gasteiger partial charge in [0.15, 0.2) is 17.8 Å². The van der Waals surface area contributed by atoms with Gasteiger partial charge in [0.2, 0.25) is 26.8 Å². The fourth-order valence-electron chi connectivity index (χ4n) is 6.43. The van der Waals surface area contributed by atoms with Gasteiger partial charge >= 0.3 is 6.09 Å². The summed E-state index contributed by atoms with van der Waals surface area (Å²) in [4.78, 5) is 14.1. The molecule has 0 radical (unpaired) electrons. The molecule has 16 heteroatoms. The van der Waals surface area contributed by atoms with Gasteiger partial charge in [0.25, 0.3) is 0 Å². The summed E-state index contributed by atoms with van der Waals surface area (Å²) in [5.41, 5.74) is -0.00562. The molecular weight excluding hydrogens is 654 g/mol. The van der Waals surface area contributed by atoms with Crippen molar-refractivity contribution in [3.05, 3.63) is 54.1 Å². The number of sulfonamides is 2. The number of fused-ring (bicyclic) bond motifs is 2. The van der Waals surface area contributed by atoms with Gasteiger partial charge in [-0.2, -0.15) is 4.31 Å². The van der Waals surface area contributed by atoms with Gasteiger partial charge < -0.3 is 29.2 Å². The van der Waals surface area contributed by atoms with E-state index in [0.29, 0.717) is 18.8 Å². The molecule has 0 bridgehead atoms. The number of aliphatic hydroxyl groups excluding tert-OH is 1. The number of benzene rings is 2. The fourth-order valence-corrected chi connectivity index (χ4v) is 8.57. The van der Waals surface area contributed by atoms with Crippen molar-refractivity contribution in [3.63, 3.8) is 0 Å². The summed E-state index contributed by atoms with van der Waals surface area (Å²) in [6, 6.07) is 11.7. The Morgan fingerprint density at radius 3 is 2.49 bits per heavy atom. The minimum atomic E-state index is -4.30. The molecule has 2 fully saturated rings. The fraction of sp³-hybridized carbons (Fsp3) is 0.581. The van der Waals surface area contributed by atoms with Crippen LogP contribution >= 0.6 is 0 Å². The van der Waals surface area contributed by atoms with Crippen molar-refractivity contribution in [2.24, 2.45) is 11.3 Å². The number of aliphatic hydroxyl groups is 1. The lowest BCUT2D eigenvalue weighted by atomic mass is 9.89. The summed E-state index contributed by atoms with van der Waals surface area (Å²) in [6.07, 6.45) is -1.25. The molecule has 3 heterocycles. The lowest BCUT2D eigenvalue weighted by Gasteiger charge is -2.40. The third-order valence-corrected chi connectivity index (χ3v) is 11.4. The number of ether oxygens (including phenoxy) is 4. The maximum atomic E-state index is 14.3. The maximum Gasteiger partial charge on any atom is 0.407 e. The summed E-state index contributed by atoms with van der Waals surface area (Å²) in [6.45, 7) is 3.57. The molecule has 5 rings (SSSR count). The third kappa shape index (κ3) is 8.54. The van der Waals surface area contributed by atoms with Crippen molar-refractivity contribution in [1.29, 1.82) is 0 Å². The topological polar surface area (TPSA) is 181 Å². The maximum absolute atomic E-state index is 14.3. The summed E-state index contributed by atoms with van der Waals surface area (Å²) in [5, 5.41) is 22.6. The predicted molar refractivity (Wildman–Crippen MR) is 170 cm³/mol. The molecule has 2 saturated heterocycles. The van der Waals surface area contributed by atoms with Crippen LogP contribution in [0.3, 0.4) is 0 Å². The molecule has 2 aromatic carbocycles. The van der Waals surface area contributed by atoms with Gasteiger partial charge in [-0.15, -0.1) is 0 Å². The second kappa shape index (κ2) is 14.2. The SMILES string of the molecule is CC(C)(CCNS(C)(=O)=O)CN(C[C@@H](O)[C@H](Cc1ccccc1)N(C(=O)O)[C@H]1CO[C@H]2OCC[C@H]21)S(=O)(=O)c1ccc2c(c1)OCO2. The highest BCUT2D eigenvalue weighted by Crippen LogP contribution is 2.38. The van der Waals surface area contributed by atoms with E-state index in [1.165, 1.54) is 23.1 Å². The average molecular weight is 698 g/mol. The van der Waals surface area contributed by atoms with E-state index in [0.717, 1.165) is 16.1 Å². The third-order valence-electron chi connectivity index (χ3n) is 8.82. The normalized spacial score (nSPS) is 22.3. The molecule has 0 spiro atoms. The highest BCUT2D eigenvalue weighted by molar-refractivity contribution is 7.89. The Morgan fingerprint density at radius 1 is 1.06 bits per heavy atom. The second-order valence-electron chi connectivity index (χ2n) is 13.0. The molecule has 47 heavy (non-hydrogen) atoms. The van der Waals surface area contributed by atoms with Gasteiger partial charge in [0.05, 0.1) is 42.6 Å². The van der Waals surface area contributed by atoms with Crippen molar-refractivity contribution >= 4 is 26.1 Å². The van der Waals surface area contributed by atoms with Gasteiger partial charge in [0, 0.05) is 31.6 Å². The van der Waals surface area contributed by atoms with Crippen LogP contribution in [-0.4, -0.2) is 113 Å². The molecule has 260 valence electrons. The van der Waals surface area contributed by atoms with Gasteiger partial charge in [-0.05, 0) is 42.4 Å². The van der Waals surface area contributed by atoms with Crippen molar-refractivity contribution in [1.82, 2.24) is 13.9 Å². The first-order valence-corrected chi connectivity index (χ1v) is 18.8. The Morgan fingerprint density at radius 2 is 1.79 bits per heavy atom. The summed E-state index contributed by atoms with van der Waals surface area (Å²) in [7, 11) is -7.77. The number of nitrogens with one attached hydrogen (secondary N) is 1. The molecular formula is C31H43N3O11S2. The molecule has 2 aromatic rings. The van der Waals surface area contributed by atoms with E-state index >= 15 is 0 Å². The zero-order valence-electron chi connectivity index (χ0n) is 26.6. The Bertz CT molecular complexity index is 1620. The molecule has 0 saturated carbocycles. The van der Waals surface area contributed by atoms with Crippen LogP contribution in [0.4, 0.5) is 4.79 Å². The van der Waals surface area contributed by atoms with Gasteiger partial charge in [-0.1, -0.05) is 44.2 Å². The van der Waals surface area contributed by atoms with Gasteiger partial charge in [-0.25, -0.2) is 26.4 Å². The summed E-state index contributed by atoms with van der Waals surface area (Å²) in [5.74, 6) is 0.429. The van der Waals surface area contributed by atoms with Crippen molar-refractivity contribution < 1.29 is 50.8 Å². The number of carbonyl (C=O) groups is 1. The van der Waals surface area contributed by atoms with E-state index in [1.807, 2.05) is 30.3 Å². The van der Waals surface area contributed by atoms with Crippen LogP contribution in [0.15, 0.2) is 53.4 Å². The monoisotopic (exact) mass is 697 g/mol. The molecule has 3 aliphatic rings. The lowest BCUT2D eigenvalue weighted by Crippen LogP contribution is -2.58. The van der Waals surface area contributed by atoms with E-state index in [-0.39, 0.29) is 55.9 Å². The summed E-state index contributed by atoms with van der Waals surface area (Å²) >= 11 is 0. The highest BCUT2D eigenvalue weighted by Gasteiger charge is 2.49. The van der Waals surface area contributed by atoms with E-state index in [2.05, 4.69) is 4.72 Å². The number of rotatable bonds is 15. The number of nitrogens with zero attached hydrogens (tertiary/aromatic N) is 2. The van der Waals surface area contributed by atoms with Crippen LogP contribution in [-0.2, 0) is 35.9 Å². The Hall–Kier alpha value is -2.99. The molecule has 3 aliphatic heterocycles. The average Bonchev–Trinajstić information content (AvgIpc) is 3.74. The van der Waals surface area contributed by atoms with E-state index in [9.17, 15) is 31.8 Å². The van der Waals surface area contributed by atoms with Crippen molar-refractivity contribution in [2.45, 2.75) is 62.5 Å². The molecule has 5 atom stereocenters. The Labute approximate surface area is 275 Å². The smallest absolute Gasteiger partial charge is 0.407 e. The number of amides is 1. The summed E-state index contributed by atoms with van der Waals surface area (Å²) < 4.78 is 77.8. The molecule has 0 unspecified atom stereocenters. The van der Waals surface area contributed by atoms with E-state index in [4.69, 9.17) is 18.9 Å². The molecule has 14 nitrogen and oxygen atoms in total. The van der Waals surface area contributed by atoms with Crippen LogP contribution in [0.1, 0.15) is 32.3 Å². The van der Waals surface area contributed by atoms with Gasteiger partial charge in [-0.3, -0.25) is 4.90 Å². The van der Waals surface area contributed by atoms with E-state index in [1.54, 1.807) is 13.8 Å². The highest BCUT2D eigenvalue weighted by atomic mass is 32.2. The standard InChI is InChI=1S/C31H43N3O11S2/c1-31(2,12-13-32-46(3,38)39)19-33(47(40,41)22-9-10-27-28(16-22)45-20-44-27)17-26(35)24(15-21-7-5-4-6-8-21)34(30(36)37)25-18-43-29-23(25)11-14-42-29/h4-10,16,23-26,29,32,35H,11-15,17-20H2,1-3H3,(H,36,37)/t23-,24-,25-,26+,29+/m0/s1. The number of hydrogen-bond acceptors (Lipinski definition) is 10. The van der Waals surface area contributed by atoms with E-state index < -0.39 is 62.6 Å². The van der Waals surface area contributed by atoms with Crippen LogP contribution in [0.2, 0.25) is 0 Å². The van der Waals surface area contributed by atoms with Crippen molar-refractivity contribution in [2.75, 3.05) is 45.9 Å². The van der Waals surface area contributed by atoms with Crippen LogP contribution in [0, 0.1) is 11.3 Å². The first kappa shape index (κ1) is 35.3. The number of hydrogen-bond donors (Lipinski definition) is 3.